The Bertz CT molecular complexity index is 962. The molecule has 0 radical (unpaired) electrons. The van der Waals surface area contributed by atoms with Gasteiger partial charge in [-0.15, -0.1) is 0 Å². The van der Waals surface area contributed by atoms with Gasteiger partial charge < -0.3 is 5.32 Å². The summed E-state index contributed by atoms with van der Waals surface area (Å²) < 4.78 is 1.81. The number of imidazole rings is 1. The van der Waals surface area contributed by atoms with Crippen LogP contribution in [0.1, 0.15) is 11.1 Å². The highest BCUT2D eigenvalue weighted by Gasteiger charge is 2.09. The summed E-state index contributed by atoms with van der Waals surface area (Å²) >= 11 is 0. The lowest BCUT2D eigenvalue weighted by molar-refractivity contribution is 0.936. The number of anilines is 1. The summed E-state index contributed by atoms with van der Waals surface area (Å²) in [4.78, 5) is 13.4. The van der Waals surface area contributed by atoms with Crippen molar-refractivity contribution in [2.45, 2.75) is 13.5 Å². The zero-order valence-corrected chi connectivity index (χ0v) is 13.3. The number of nitrogens with zero attached hydrogens (tertiary/aromatic N) is 4. The summed E-state index contributed by atoms with van der Waals surface area (Å²) in [6, 6.07) is 16.5. The van der Waals surface area contributed by atoms with Crippen molar-refractivity contribution in [3.8, 4) is 5.95 Å². The molecule has 0 spiro atoms. The summed E-state index contributed by atoms with van der Waals surface area (Å²) in [5, 5.41) is 4.47. The molecule has 0 aliphatic heterocycles. The molecule has 0 aliphatic carbocycles. The lowest BCUT2D eigenvalue weighted by Gasteiger charge is -2.11. The number of hydrogen-bond acceptors (Lipinski definition) is 4. The molecule has 1 N–H and O–H groups in total. The van der Waals surface area contributed by atoms with Crippen LogP contribution in [0, 0.1) is 6.92 Å². The van der Waals surface area contributed by atoms with Crippen molar-refractivity contribution >= 4 is 16.7 Å². The van der Waals surface area contributed by atoms with E-state index in [0.717, 1.165) is 16.7 Å². The van der Waals surface area contributed by atoms with Gasteiger partial charge in [0.15, 0.2) is 0 Å². The molecule has 4 rings (SSSR count). The third-order valence-electron chi connectivity index (χ3n) is 3.88. The van der Waals surface area contributed by atoms with E-state index in [1.165, 1.54) is 11.1 Å². The molecule has 0 amide bonds. The lowest BCUT2D eigenvalue weighted by Crippen LogP contribution is -2.07. The Morgan fingerprint density at radius 1 is 1.04 bits per heavy atom. The Kier molecular flexibility index (Phi) is 3.67. The molecule has 2 aromatic carbocycles. The number of aryl methyl sites for hydroxylation is 1. The fourth-order valence-electron chi connectivity index (χ4n) is 2.64. The van der Waals surface area contributed by atoms with Crippen LogP contribution in [0.4, 0.5) is 5.82 Å². The van der Waals surface area contributed by atoms with E-state index in [1.807, 2.05) is 35.0 Å². The van der Waals surface area contributed by atoms with Crippen molar-refractivity contribution in [3.63, 3.8) is 0 Å². The molecule has 0 atom stereocenters. The van der Waals surface area contributed by atoms with Crippen LogP contribution >= 0.6 is 0 Å². The van der Waals surface area contributed by atoms with Crippen LogP contribution in [-0.2, 0) is 6.54 Å². The van der Waals surface area contributed by atoms with Crippen molar-refractivity contribution in [1.29, 1.82) is 0 Å². The van der Waals surface area contributed by atoms with Crippen molar-refractivity contribution < 1.29 is 0 Å². The van der Waals surface area contributed by atoms with E-state index in [9.17, 15) is 0 Å². The van der Waals surface area contributed by atoms with Gasteiger partial charge in [0.2, 0.25) is 5.95 Å². The molecule has 4 aromatic rings. The van der Waals surface area contributed by atoms with E-state index in [1.54, 1.807) is 12.5 Å². The van der Waals surface area contributed by atoms with Crippen LogP contribution in [0.5, 0.6) is 0 Å². The van der Waals surface area contributed by atoms with Gasteiger partial charge in [-0.05, 0) is 24.6 Å². The van der Waals surface area contributed by atoms with Crippen molar-refractivity contribution in [3.05, 3.63) is 78.4 Å². The molecule has 2 aromatic heterocycles. The van der Waals surface area contributed by atoms with Crippen molar-refractivity contribution in [2.75, 3.05) is 5.32 Å². The number of rotatable bonds is 4. The Morgan fingerprint density at radius 3 is 2.71 bits per heavy atom. The highest BCUT2D eigenvalue weighted by molar-refractivity contribution is 5.90. The van der Waals surface area contributed by atoms with Gasteiger partial charge in [0, 0.05) is 24.3 Å². The minimum atomic E-state index is 0.611. The Labute approximate surface area is 140 Å². The second-order valence-corrected chi connectivity index (χ2v) is 5.70. The first-order chi connectivity index (χ1) is 11.8. The number of benzene rings is 2. The third-order valence-corrected chi connectivity index (χ3v) is 3.88. The van der Waals surface area contributed by atoms with Gasteiger partial charge >= 0.3 is 0 Å². The van der Waals surface area contributed by atoms with Crippen LogP contribution in [-0.4, -0.2) is 19.5 Å². The molecular weight excluding hydrogens is 298 g/mol. The first-order valence-corrected chi connectivity index (χ1v) is 7.84. The average Bonchev–Trinajstić information content (AvgIpc) is 3.15. The van der Waals surface area contributed by atoms with Crippen LogP contribution in [0.15, 0.2) is 67.3 Å². The number of fused-ring (bicyclic) bond motifs is 1. The smallest absolute Gasteiger partial charge is 0.237 e. The monoisotopic (exact) mass is 315 g/mol. The number of aromatic nitrogens is 4. The zero-order valence-electron chi connectivity index (χ0n) is 13.3. The third kappa shape index (κ3) is 2.84. The molecule has 0 bridgehead atoms. The Hall–Kier alpha value is -3.21. The van der Waals surface area contributed by atoms with E-state index in [0.29, 0.717) is 12.5 Å². The van der Waals surface area contributed by atoms with Crippen LogP contribution in [0.25, 0.3) is 16.9 Å². The Morgan fingerprint density at radius 2 is 1.92 bits per heavy atom. The molecule has 0 saturated carbocycles. The second-order valence-electron chi connectivity index (χ2n) is 5.70. The molecular formula is C19H17N5. The molecule has 0 fully saturated rings. The van der Waals surface area contributed by atoms with Gasteiger partial charge in [0.1, 0.15) is 12.1 Å². The number of nitrogens with one attached hydrogen (secondary N) is 1. The van der Waals surface area contributed by atoms with Crippen molar-refractivity contribution in [2.24, 2.45) is 0 Å². The fraction of sp³-hybridized carbons (Fsp3) is 0.105. The standard InChI is InChI=1S/C19H17N5/c1-14-7-8-17-16(11-14)18(21-12-15-5-3-2-4-6-15)23-19(22-17)24-10-9-20-13-24/h2-11,13H,12H2,1H3,(H,21,22,23). The van der Waals surface area contributed by atoms with E-state index in [4.69, 9.17) is 4.98 Å². The molecule has 24 heavy (non-hydrogen) atoms. The molecule has 118 valence electrons. The summed E-state index contributed by atoms with van der Waals surface area (Å²) in [6.07, 6.45) is 5.27. The predicted octanol–water partition coefficient (Wildman–Crippen LogP) is 3.74. The Balaban J connectivity index is 1.77. The van der Waals surface area contributed by atoms with Crippen LogP contribution in [0.3, 0.4) is 0 Å². The van der Waals surface area contributed by atoms with Gasteiger partial charge in [-0.3, -0.25) is 4.57 Å². The molecule has 0 aliphatic rings. The molecule has 5 heteroatoms. The second kappa shape index (κ2) is 6.12. The zero-order chi connectivity index (χ0) is 16.4. The van der Waals surface area contributed by atoms with Gasteiger partial charge in [-0.2, -0.15) is 4.98 Å². The SMILES string of the molecule is Cc1ccc2nc(-n3ccnc3)nc(NCc3ccccc3)c2c1. The number of hydrogen-bond donors (Lipinski definition) is 1. The maximum Gasteiger partial charge on any atom is 0.237 e. The maximum atomic E-state index is 4.70. The highest BCUT2D eigenvalue weighted by Crippen LogP contribution is 2.23. The largest absolute Gasteiger partial charge is 0.365 e. The summed E-state index contributed by atoms with van der Waals surface area (Å²) in [5.41, 5.74) is 3.31. The first-order valence-electron chi connectivity index (χ1n) is 7.84. The molecule has 2 heterocycles. The molecule has 5 nitrogen and oxygen atoms in total. The van der Waals surface area contributed by atoms with E-state index in [2.05, 4.69) is 46.5 Å². The van der Waals surface area contributed by atoms with Gasteiger partial charge in [0.25, 0.3) is 0 Å². The minimum absolute atomic E-state index is 0.611. The van der Waals surface area contributed by atoms with Gasteiger partial charge in [-0.1, -0.05) is 42.0 Å². The average molecular weight is 315 g/mol. The molecule has 0 unspecified atom stereocenters. The van der Waals surface area contributed by atoms with Gasteiger partial charge in [-0.25, -0.2) is 9.97 Å². The summed E-state index contributed by atoms with van der Waals surface area (Å²) in [6.45, 7) is 2.79. The van der Waals surface area contributed by atoms with Crippen molar-refractivity contribution in [1.82, 2.24) is 19.5 Å². The lowest BCUT2D eigenvalue weighted by atomic mass is 10.1. The highest BCUT2D eigenvalue weighted by atomic mass is 15.2. The van der Waals surface area contributed by atoms with Crippen LogP contribution in [0.2, 0.25) is 0 Å². The summed E-state index contributed by atoms with van der Waals surface area (Å²) in [7, 11) is 0. The maximum absolute atomic E-state index is 4.70. The molecule has 0 saturated heterocycles. The van der Waals surface area contributed by atoms with Crippen LogP contribution < -0.4 is 5.32 Å². The topological polar surface area (TPSA) is 55.6 Å². The normalized spacial score (nSPS) is 10.9. The van der Waals surface area contributed by atoms with E-state index >= 15 is 0 Å². The quantitative estimate of drug-likeness (QED) is 0.623. The minimum Gasteiger partial charge on any atom is -0.365 e. The first kappa shape index (κ1) is 14.4. The van der Waals surface area contributed by atoms with E-state index < -0.39 is 0 Å². The predicted molar refractivity (Wildman–Crippen MR) is 95.2 cm³/mol. The van der Waals surface area contributed by atoms with E-state index in [-0.39, 0.29) is 0 Å². The fourth-order valence-corrected chi connectivity index (χ4v) is 2.64. The summed E-state index contributed by atoms with van der Waals surface area (Å²) in [5.74, 6) is 1.44. The van der Waals surface area contributed by atoms with Gasteiger partial charge in [0.05, 0.1) is 5.52 Å².